The van der Waals surface area contributed by atoms with Gasteiger partial charge in [0.1, 0.15) is 18.0 Å². The van der Waals surface area contributed by atoms with E-state index in [9.17, 15) is 22.8 Å². The molecular formula is C23H18F3N3O4. The van der Waals surface area contributed by atoms with Crippen LogP contribution in [0.15, 0.2) is 67.0 Å². The summed E-state index contributed by atoms with van der Waals surface area (Å²) in [6.07, 6.45) is -1.55. The average Bonchev–Trinajstić information content (AvgIpc) is 3.06. The molecule has 0 atom stereocenters. The maximum absolute atomic E-state index is 13.0. The van der Waals surface area contributed by atoms with Crippen molar-refractivity contribution in [2.24, 2.45) is 0 Å². The Bertz CT molecular complexity index is 1160. The summed E-state index contributed by atoms with van der Waals surface area (Å²) >= 11 is 0. The molecule has 3 amide bonds. The first-order valence-corrected chi connectivity index (χ1v) is 9.80. The lowest BCUT2D eigenvalue weighted by Gasteiger charge is -2.19. The summed E-state index contributed by atoms with van der Waals surface area (Å²) in [6, 6.07) is 13.1. The minimum absolute atomic E-state index is 0.153. The molecule has 1 aromatic heterocycles. The Kier molecular flexibility index (Phi) is 5.91. The van der Waals surface area contributed by atoms with E-state index in [2.05, 4.69) is 9.72 Å². The molecule has 4 rings (SSSR count). The highest BCUT2D eigenvalue weighted by molar-refractivity contribution is 6.19. The summed E-state index contributed by atoms with van der Waals surface area (Å²) in [5.74, 6) is -0.223. The van der Waals surface area contributed by atoms with Gasteiger partial charge in [0.25, 0.3) is 5.91 Å². The van der Waals surface area contributed by atoms with Crippen LogP contribution < -0.4 is 14.4 Å². The summed E-state index contributed by atoms with van der Waals surface area (Å²) in [7, 11) is 1.57. The minimum Gasteiger partial charge on any atom is -0.497 e. The molecule has 1 aliphatic rings. The van der Waals surface area contributed by atoms with Crippen LogP contribution in [0.2, 0.25) is 0 Å². The fourth-order valence-electron chi connectivity index (χ4n) is 3.52. The zero-order valence-corrected chi connectivity index (χ0v) is 17.4. The first kappa shape index (κ1) is 22.1. The van der Waals surface area contributed by atoms with Crippen LogP contribution in [0, 0.1) is 0 Å². The second-order valence-corrected chi connectivity index (χ2v) is 7.17. The molecule has 0 radical (unpaired) electrons. The third kappa shape index (κ3) is 4.89. The molecule has 0 bridgehead atoms. The van der Waals surface area contributed by atoms with E-state index in [1.807, 2.05) is 24.3 Å². The first-order chi connectivity index (χ1) is 15.7. The van der Waals surface area contributed by atoms with Crippen molar-refractivity contribution in [2.75, 3.05) is 18.6 Å². The number of aromatic nitrogens is 1. The first-order valence-electron chi connectivity index (χ1n) is 9.80. The largest absolute Gasteiger partial charge is 0.573 e. The number of carbonyl (C=O) groups excluding carboxylic acids is 2. The molecule has 7 nitrogen and oxygen atoms in total. The molecule has 33 heavy (non-hydrogen) atoms. The van der Waals surface area contributed by atoms with Gasteiger partial charge in [0.15, 0.2) is 0 Å². The van der Waals surface area contributed by atoms with Gasteiger partial charge in [-0.05, 0) is 53.6 Å². The van der Waals surface area contributed by atoms with Crippen LogP contribution >= 0.6 is 0 Å². The van der Waals surface area contributed by atoms with Crippen LogP contribution in [0.1, 0.15) is 5.56 Å². The predicted octanol–water partition coefficient (Wildman–Crippen LogP) is 4.62. The van der Waals surface area contributed by atoms with Crippen molar-refractivity contribution in [3.8, 4) is 22.6 Å². The number of anilines is 1. The van der Waals surface area contributed by atoms with E-state index in [-0.39, 0.29) is 18.8 Å². The molecule has 3 aromatic rings. The van der Waals surface area contributed by atoms with E-state index in [0.29, 0.717) is 5.75 Å². The highest BCUT2D eigenvalue weighted by atomic mass is 19.4. The SMILES string of the molecule is COc1ccc(-c2cnccc2CN2CC(=O)N(c3ccc(OC(F)(F)F)cc3)C2=O)cc1. The fraction of sp³-hybridized carbons (Fsp3) is 0.174. The molecule has 2 heterocycles. The van der Waals surface area contributed by atoms with Gasteiger partial charge in [-0.3, -0.25) is 9.78 Å². The molecule has 1 saturated heterocycles. The molecule has 0 saturated carbocycles. The van der Waals surface area contributed by atoms with Crippen molar-refractivity contribution < 1.29 is 32.2 Å². The van der Waals surface area contributed by atoms with Crippen molar-refractivity contribution in [2.45, 2.75) is 12.9 Å². The Labute approximate surface area is 187 Å². The Morgan fingerprint density at radius 3 is 2.27 bits per heavy atom. The quantitative estimate of drug-likeness (QED) is 0.505. The molecule has 0 N–H and O–H groups in total. The Morgan fingerprint density at radius 1 is 0.970 bits per heavy atom. The Morgan fingerprint density at radius 2 is 1.64 bits per heavy atom. The van der Waals surface area contributed by atoms with Gasteiger partial charge in [-0.1, -0.05) is 12.1 Å². The molecule has 2 aromatic carbocycles. The van der Waals surface area contributed by atoms with Crippen molar-refractivity contribution in [3.63, 3.8) is 0 Å². The van der Waals surface area contributed by atoms with E-state index >= 15 is 0 Å². The van der Waals surface area contributed by atoms with Gasteiger partial charge >= 0.3 is 12.4 Å². The van der Waals surface area contributed by atoms with Crippen molar-refractivity contribution in [1.29, 1.82) is 0 Å². The molecule has 1 fully saturated rings. The van der Waals surface area contributed by atoms with Crippen molar-refractivity contribution in [1.82, 2.24) is 9.88 Å². The van der Waals surface area contributed by atoms with Crippen LogP contribution in [0.4, 0.5) is 23.7 Å². The summed E-state index contributed by atoms with van der Waals surface area (Å²) in [4.78, 5) is 32.0. The van der Waals surface area contributed by atoms with E-state index < -0.39 is 24.1 Å². The number of nitrogens with zero attached hydrogens (tertiary/aromatic N) is 3. The normalized spacial score (nSPS) is 14.1. The third-order valence-corrected chi connectivity index (χ3v) is 5.04. The second-order valence-electron chi connectivity index (χ2n) is 7.17. The van der Waals surface area contributed by atoms with Crippen molar-refractivity contribution >= 4 is 17.6 Å². The minimum atomic E-state index is -4.83. The standard InChI is InChI=1S/C23H18F3N3O4/c1-32-18-6-2-15(3-7-18)20-12-27-11-10-16(20)13-28-14-21(30)29(22(28)31)17-4-8-19(9-5-17)33-23(24,25)26/h2-12H,13-14H2,1H3. The molecule has 0 spiro atoms. The number of hydrogen-bond acceptors (Lipinski definition) is 5. The Hall–Kier alpha value is -4.08. The number of urea groups is 1. The highest BCUT2D eigenvalue weighted by Crippen LogP contribution is 2.30. The van der Waals surface area contributed by atoms with E-state index in [1.165, 1.54) is 17.0 Å². The van der Waals surface area contributed by atoms with Gasteiger partial charge in [0, 0.05) is 24.5 Å². The Balaban J connectivity index is 1.53. The van der Waals surface area contributed by atoms with Gasteiger partial charge < -0.3 is 14.4 Å². The van der Waals surface area contributed by atoms with Gasteiger partial charge in [-0.15, -0.1) is 13.2 Å². The maximum Gasteiger partial charge on any atom is 0.573 e. The number of alkyl halides is 3. The topological polar surface area (TPSA) is 72.0 Å². The number of imide groups is 1. The second kappa shape index (κ2) is 8.81. The van der Waals surface area contributed by atoms with E-state index in [4.69, 9.17) is 4.74 Å². The van der Waals surface area contributed by atoms with Gasteiger partial charge in [-0.25, -0.2) is 9.69 Å². The summed E-state index contributed by atoms with van der Waals surface area (Å²) < 4.78 is 46.1. The van der Waals surface area contributed by atoms with Crippen LogP contribution in [0.25, 0.3) is 11.1 Å². The zero-order chi connectivity index (χ0) is 23.6. The van der Waals surface area contributed by atoms with Gasteiger partial charge in [0.05, 0.1) is 12.8 Å². The van der Waals surface area contributed by atoms with Crippen LogP contribution in [-0.2, 0) is 11.3 Å². The monoisotopic (exact) mass is 457 g/mol. The molecular weight excluding hydrogens is 439 g/mol. The number of methoxy groups -OCH3 is 1. The number of ether oxygens (including phenoxy) is 2. The molecule has 0 aliphatic carbocycles. The molecule has 10 heteroatoms. The van der Waals surface area contributed by atoms with Crippen LogP contribution in [0.5, 0.6) is 11.5 Å². The smallest absolute Gasteiger partial charge is 0.497 e. The summed E-state index contributed by atoms with van der Waals surface area (Å²) in [6.45, 7) is -0.00969. The zero-order valence-electron chi connectivity index (χ0n) is 17.4. The summed E-state index contributed by atoms with van der Waals surface area (Å²) in [5, 5.41) is 0. The van der Waals surface area contributed by atoms with E-state index in [0.717, 1.165) is 33.7 Å². The number of benzene rings is 2. The van der Waals surface area contributed by atoms with Gasteiger partial charge in [0.2, 0.25) is 0 Å². The average molecular weight is 457 g/mol. The number of hydrogen-bond donors (Lipinski definition) is 0. The lowest BCUT2D eigenvalue weighted by Crippen LogP contribution is -2.32. The molecule has 1 aliphatic heterocycles. The number of pyridine rings is 1. The van der Waals surface area contributed by atoms with Crippen LogP contribution in [-0.4, -0.2) is 41.8 Å². The number of amides is 3. The lowest BCUT2D eigenvalue weighted by molar-refractivity contribution is -0.274. The number of carbonyl (C=O) groups is 2. The van der Waals surface area contributed by atoms with Crippen LogP contribution in [0.3, 0.4) is 0 Å². The highest BCUT2D eigenvalue weighted by Gasteiger charge is 2.37. The summed E-state index contributed by atoms with van der Waals surface area (Å²) in [5.41, 5.74) is 2.61. The third-order valence-electron chi connectivity index (χ3n) is 5.04. The number of halogens is 3. The predicted molar refractivity (Wildman–Crippen MR) is 113 cm³/mol. The maximum atomic E-state index is 13.0. The molecule has 170 valence electrons. The number of rotatable bonds is 6. The van der Waals surface area contributed by atoms with Crippen molar-refractivity contribution in [3.05, 3.63) is 72.6 Å². The lowest BCUT2D eigenvalue weighted by atomic mass is 10.0. The fourth-order valence-corrected chi connectivity index (χ4v) is 3.52. The van der Waals surface area contributed by atoms with Gasteiger partial charge in [-0.2, -0.15) is 0 Å². The van der Waals surface area contributed by atoms with E-state index in [1.54, 1.807) is 25.6 Å². The molecule has 0 unspecified atom stereocenters.